The van der Waals surface area contributed by atoms with Crippen LogP contribution >= 0.6 is 0 Å². The van der Waals surface area contributed by atoms with Gasteiger partial charge >= 0.3 is 17.1 Å². The summed E-state index contributed by atoms with van der Waals surface area (Å²) in [5, 5.41) is 24.2. The van der Waals surface area contributed by atoms with Crippen molar-refractivity contribution in [3.8, 4) is 68.0 Å². The number of phenols is 2. The van der Waals surface area contributed by atoms with Gasteiger partial charge in [-0.3, -0.25) is 0 Å². The second kappa shape index (κ2) is 10.6. The van der Waals surface area contributed by atoms with Crippen LogP contribution in [0.15, 0.2) is 97.1 Å². The van der Waals surface area contributed by atoms with Gasteiger partial charge in [0.1, 0.15) is 23.0 Å². The third-order valence-electron chi connectivity index (χ3n) is 8.53. The van der Waals surface area contributed by atoms with Crippen molar-refractivity contribution in [2.75, 3.05) is 0 Å². The Morgan fingerprint density at radius 3 is 1.49 bits per heavy atom. The molecule has 231 valence electrons. The molecule has 7 aromatic rings. The van der Waals surface area contributed by atoms with Crippen LogP contribution in [-0.2, 0) is 17.1 Å². The van der Waals surface area contributed by atoms with Crippen LogP contribution in [0.25, 0.3) is 88.6 Å². The molecular weight excluding hydrogens is 644 g/mol. The molecular formula is C36H22CuN6O4. The number of aromatic nitrogens is 4. The molecule has 11 heteroatoms. The molecule has 2 aliphatic heterocycles. The van der Waals surface area contributed by atoms with Crippen LogP contribution in [0.5, 0.6) is 23.0 Å². The SMILES string of the molecule is NOc1ccc2c(c1)-c1cc3[n-]c(cc4nc(cc5[n-]c(cc-2n1)c1cc(ON)ccc51)-c1cc(O)ccc1-4)c1cc(O)ccc31.[Cu+2]. The molecule has 6 N–H and O–H groups in total. The standard InChI is InChI=1S/C36H22N6O4.Cu/c37-45-19-3-7-23-27(11-19)36-16-32-24-8-4-20(46-38)12-28(24)35(42-32)15-30-22-6-2-18(44)10-26(22)33(40-30)13-29-21-5-1-17(43)9-25(21)34(39-29)14-31(23)41-36;/h1-16H,37-38H2,(H2-2,39,40,41,42,43,44);/q-2;+2. The van der Waals surface area contributed by atoms with Gasteiger partial charge in [-0.05, 0) is 106 Å². The van der Waals surface area contributed by atoms with Crippen LogP contribution < -0.4 is 31.4 Å². The van der Waals surface area contributed by atoms with Gasteiger partial charge in [0.15, 0.2) is 0 Å². The first-order valence-electron chi connectivity index (χ1n) is 14.4. The van der Waals surface area contributed by atoms with E-state index in [1.54, 1.807) is 36.4 Å². The van der Waals surface area contributed by atoms with E-state index in [9.17, 15) is 10.2 Å². The third-order valence-corrected chi connectivity index (χ3v) is 8.53. The molecule has 0 amide bonds. The number of hydrogen-bond acceptors (Lipinski definition) is 8. The van der Waals surface area contributed by atoms with Crippen molar-refractivity contribution < 1.29 is 37.0 Å². The number of benzene rings is 4. The van der Waals surface area contributed by atoms with Gasteiger partial charge in [0.2, 0.25) is 0 Å². The molecule has 47 heavy (non-hydrogen) atoms. The van der Waals surface area contributed by atoms with E-state index in [1.807, 2.05) is 60.7 Å². The summed E-state index contributed by atoms with van der Waals surface area (Å²) >= 11 is 0. The van der Waals surface area contributed by atoms with E-state index < -0.39 is 0 Å². The number of rotatable bonds is 2. The minimum Gasteiger partial charge on any atom is -0.657 e. The zero-order valence-corrected chi connectivity index (χ0v) is 25.1. The van der Waals surface area contributed by atoms with E-state index >= 15 is 0 Å². The fourth-order valence-electron chi connectivity index (χ4n) is 6.40. The summed E-state index contributed by atoms with van der Waals surface area (Å²) < 4.78 is 0. The summed E-state index contributed by atoms with van der Waals surface area (Å²) in [6.45, 7) is 0. The minimum absolute atomic E-state index is 0. The summed E-state index contributed by atoms with van der Waals surface area (Å²) in [7, 11) is 0. The molecule has 0 fully saturated rings. The van der Waals surface area contributed by atoms with Gasteiger partial charge in [-0.25, -0.2) is 9.97 Å². The predicted molar refractivity (Wildman–Crippen MR) is 176 cm³/mol. The Bertz CT molecular complexity index is 2610. The maximum absolute atomic E-state index is 10.4. The van der Waals surface area contributed by atoms with Crippen molar-refractivity contribution in [2.45, 2.75) is 0 Å². The first-order chi connectivity index (χ1) is 22.4. The van der Waals surface area contributed by atoms with Crippen LogP contribution in [0.2, 0.25) is 0 Å². The molecule has 3 aromatic heterocycles. The van der Waals surface area contributed by atoms with Crippen LogP contribution in [0.3, 0.4) is 0 Å². The van der Waals surface area contributed by atoms with Gasteiger partial charge in [0.05, 0.1) is 22.8 Å². The van der Waals surface area contributed by atoms with E-state index in [0.717, 1.165) is 43.8 Å². The first-order valence-corrected chi connectivity index (χ1v) is 14.4. The first kappa shape index (κ1) is 28.6. The van der Waals surface area contributed by atoms with E-state index in [0.29, 0.717) is 56.3 Å². The topological polar surface area (TPSA) is 165 Å². The molecule has 8 bridgehead atoms. The Morgan fingerprint density at radius 2 is 0.872 bits per heavy atom. The monoisotopic (exact) mass is 665 g/mol. The Morgan fingerprint density at radius 1 is 0.447 bits per heavy atom. The number of aromatic hydroxyl groups is 2. The van der Waals surface area contributed by atoms with Gasteiger partial charge in [-0.1, -0.05) is 12.1 Å². The van der Waals surface area contributed by atoms with Crippen LogP contribution in [0.4, 0.5) is 0 Å². The van der Waals surface area contributed by atoms with E-state index in [4.69, 9.17) is 41.4 Å². The van der Waals surface area contributed by atoms with Crippen LogP contribution in [-0.4, -0.2) is 20.2 Å². The molecule has 0 saturated carbocycles. The van der Waals surface area contributed by atoms with Crippen LogP contribution in [0.1, 0.15) is 0 Å². The van der Waals surface area contributed by atoms with Crippen molar-refractivity contribution in [2.24, 2.45) is 11.8 Å². The number of nitrogens with zero attached hydrogens (tertiary/aromatic N) is 4. The van der Waals surface area contributed by atoms with Crippen molar-refractivity contribution in [3.63, 3.8) is 0 Å². The second-order valence-corrected chi connectivity index (χ2v) is 11.2. The molecule has 9 rings (SSSR count). The van der Waals surface area contributed by atoms with Gasteiger partial charge in [0, 0.05) is 22.3 Å². The molecule has 2 aliphatic rings. The number of phenolic OH excluding ortho intramolecular Hbond substituents is 2. The molecule has 0 aliphatic carbocycles. The smallest absolute Gasteiger partial charge is 0.657 e. The Hall–Kier alpha value is -5.84. The van der Waals surface area contributed by atoms with Gasteiger partial charge < -0.3 is 29.9 Å². The van der Waals surface area contributed by atoms with Crippen molar-refractivity contribution >= 4 is 43.6 Å². The zero-order chi connectivity index (χ0) is 31.1. The molecule has 0 spiro atoms. The Labute approximate surface area is 276 Å². The summed E-state index contributed by atoms with van der Waals surface area (Å²) in [6, 6.07) is 29.1. The molecule has 10 nitrogen and oxygen atoms in total. The molecule has 0 atom stereocenters. The summed E-state index contributed by atoms with van der Waals surface area (Å²) in [6.07, 6.45) is 0. The normalized spacial score (nSPS) is 11.6. The van der Waals surface area contributed by atoms with Crippen molar-refractivity contribution in [3.05, 3.63) is 97.1 Å². The Balaban J connectivity index is 0.00000324. The van der Waals surface area contributed by atoms with Crippen molar-refractivity contribution in [1.29, 1.82) is 0 Å². The Kier molecular flexibility index (Phi) is 6.47. The third kappa shape index (κ3) is 4.49. The zero-order valence-electron chi connectivity index (χ0n) is 24.2. The van der Waals surface area contributed by atoms with Gasteiger partial charge in [-0.15, -0.1) is 22.1 Å². The molecule has 4 aromatic carbocycles. The second-order valence-electron chi connectivity index (χ2n) is 11.2. The molecule has 1 radical (unpaired) electrons. The molecule has 5 heterocycles. The molecule has 0 saturated heterocycles. The van der Waals surface area contributed by atoms with E-state index in [-0.39, 0.29) is 28.6 Å². The number of nitrogens with two attached hydrogens (primary N) is 2. The maximum atomic E-state index is 10.4. The summed E-state index contributed by atoms with van der Waals surface area (Å²) in [5.74, 6) is 12.3. The average Bonchev–Trinajstić information content (AvgIpc) is 3.78. The predicted octanol–water partition coefficient (Wildman–Crippen LogP) is 6.46. The largest absolute Gasteiger partial charge is 2.00 e. The van der Waals surface area contributed by atoms with E-state index in [1.165, 1.54) is 0 Å². The fourth-order valence-corrected chi connectivity index (χ4v) is 6.40. The van der Waals surface area contributed by atoms with Crippen LogP contribution in [0, 0.1) is 0 Å². The van der Waals surface area contributed by atoms with Crippen molar-refractivity contribution in [1.82, 2.24) is 19.9 Å². The average molecular weight is 666 g/mol. The summed E-state index contributed by atoms with van der Waals surface area (Å²) in [4.78, 5) is 30.3. The molecule has 0 unspecified atom stereocenters. The number of hydrogen-bond donors (Lipinski definition) is 4. The summed E-state index contributed by atoms with van der Waals surface area (Å²) in [5.41, 5.74) is 8.56. The van der Waals surface area contributed by atoms with Gasteiger partial charge in [-0.2, -0.15) is 11.8 Å². The number of fused-ring (bicyclic) bond motifs is 20. The fraction of sp³-hybridized carbons (Fsp3) is 0. The minimum atomic E-state index is 0. The quantitative estimate of drug-likeness (QED) is 0.119. The van der Waals surface area contributed by atoms with Gasteiger partial charge in [0.25, 0.3) is 0 Å². The van der Waals surface area contributed by atoms with E-state index in [2.05, 4.69) is 0 Å². The maximum Gasteiger partial charge on any atom is 2.00 e.